The molecule has 1 heterocycles. The second kappa shape index (κ2) is 5.23. The number of halogens is 3. The van der Waals surface area contributed by atoms with Crippen molar-refractivity contribution >= 4 is 11.8 Å². The van der Waals surface area contributed by atoms with E-state index in [9.17, 15) is 13.2 Å². The molecule has 2 atom stereocenters. The summed E-state index contributed by atoms with van der Waals surface area (Å²) in [7, 11) is 0. The Morgan fingerprint density at radius 2 is 2.07 bits per heavy atom. The van der Waals surface area contributed by atoms with Gasteiger partial charge in [-0.1, -0.05) is 0 Å². The van der Waals surface area contributed by atoms with Crippen LogP contribution in [0.2, 0.25) is 0 Å². The van der Waals surface area contributed by atoms with Gasteiger partial charge in [-0.15, -0.1) is 11.8 Å². The summed E-state index contributed by atoms with van der Waals surface area (Å²) in [4.78, 5) is 0. The van der Waals surface area contributed by atoms with E-state index < -0.39 is 12.1 Å². The fraction of sp³-hybridized carbons (Fsp3) is 1.00. The van der Waals surface area contributed by atoms with Crippen LogP contribution >= 0.6 is 11.8 Å². The first-order valence-corrected chi connectivity index (χ1v) is 5.70. The summed E-state index contributed by atoms with van der Waals surface area (Å²) >= 11 is 1.61. The van der Waals surface area contributed by atoms with Gasteiger partial charge in [0.05, 0.1) is 11.3 Å². The van der Waals surface area contributed by atoms with Crippen LogP contribution in [0.4, 0.5) is 13.2 Å². The molecular weight excluding hydrogens is 213 g/mol. The number of thioether (sulfide) groups is 1. The first-order chi connectivity index (χ1) is 6.54. The average Bonchev–Trinajstić information content (AvgIpc) is 2.14. The number of nitrogens with one attached hydrogen (secondary N) is 1. The van der Waals surface area contributed by atoms with Gasteiger partial charge in [-0.05, 0) is 12.8 Å². The van der Waals surface area contributed by atoms with Crippen LogP contribution in [0.1, 0.15) is 12.8 Å². The highest BCUT2D eigenvalue weighted by atomic mass is 32.2. The van der Waals surface area contributed by atoms with E-state index >= 15 is 0 Å². The molecule has 6 heteroatoms. The molecule has 2 nitrogen and oxygen atoms in total. The summed E-state index contributed by atoms with van der Waals surface area (Å²) in [6.45, 7) is 0.622. The van der Waals surface area contributed by atoms with Crippen molar-refractivity contribution in [3.63, 3.8) is 0 Å². The van der Waals surface area contributed by atoms with Gasteiger partial charge in [-0.3, -0.25) is 0 Å². The van der Waals surface area contributed by atoms with Crippen LogP contribution < -0.4 is 11.1 Å². The molecule has 0 amide bonds. The van der Waals surface area contributed by atoms with Crippen LogP contribution in [0.25, 0.3) is 0 Å². The summed E-state index contributed by atoms with van der Waals surface area (Å²) in [6.07, 6.45) is -3.23. The van der Waals surface area contributed by atoms with Crippen molar-refractivity contribution in [2.24, 2.45) is 11.7 Å². The lowest BCUT2D eigenvalue weighted by atomic mass is 9.99. The standard InChI is InChI=1S/C8H15F3N2S/c9-8(10,11)6-1-2-7(13-5-6)14-4-3-12/h6-7,13H,1-5,12H2. The molecule has 14 heavy (non-hydrogen) atoms. The van der Waals surface area contributed by atoms with Crippen molar-refractivity contribution in [1.29, 1.82) is 0 Å². The molecule has 0 aliphatic carbocycles. The molecular formula is C8H15F3N2S. The molecule has 0 aromatic rings. The van der Waals surface area contributed by atoms with E-state index in [4.69, 9.17) is 5.73 Å². The van der Waals surface area contributed by atoms with Crippen LogP contribution in [-0.4, -0.2) is 30.4 Å². The molecule has 0 spiro atoms. The molecule has 0 radical (unpaired) electrons. The second-order valence-corrected chi connectivity index (χ2v) is 4.68. The summed E-state index contributed by atoms with van der Waals surface area (Å²) < 4.78 is 36.8. The maximum Gasteiger partial charge on any atom is 0.393 e. The van der Waals surface area contributed by atoms with Crippen LogP contribution in [0.15, 0.2) is 0 Å². The van der Waals surface area contributed by atoms with Crippen molar-refractivity contribution < 1.29 is 13.2 Å². The lowest BCUT2D eigenvalue weighted by molar-refractivity contribution is -0.178. The van der Waals surface area contributed by atoms with Gasteiger partial charge < -0.3 is 11.1 Å². The van der Waals surface area contributed by atoms with E-state index in [1.807, 2.05) is 0 Å². The zero-order chi connectivity index (χ0) is 10.6. The van der Waals surface area contributed by atoms with Gasteiger partial charge in [0.15, 0.2) is 0 Å². The third-order valence-corrected chi connectivity index (χ3v) is 3.55. The fourth-order valence-electron chi connectivity index (χ4n) is 1.46. The molecule has 0 saturated carbocycles. The molecule has 0 aromatic heterocycles. The second-order valence-electron chi connectivity index (χ2n) is 3.37. The maximum atomic E-state index is 12.3. The zero-order valence-electron chi connectivity index (χ0n) is 7.81. The van der Waals surface area contributed by atoms with Crippen molar-refractivity contribution in [2.75, 3.05) is 18.8 Å². The predicted molar refractivity (Wildman–Crippen MR) is 52.1 cm³/mol. The Hall–Kier alpha value is 0.0600. The van der Waals surface area contributed by atoms with Crippen LogP contribution in [0.3, 0.4) is 0 Å². The lowest BCUT2D eigenvalue weighted by Crippen LogP contribution is -2.43. The van der Waals surface area contributed by atoms with Crippen molar-refractivity contribution in [3.8, 4) is 0 Å². The van der Waals surface area contributed by atoms with Crippen molar-refractivity contribution in [3.05, 3.63) is 0 Å². The number of nitrogens with two attached hydrogens (primary N) is 1. The molecule has 1 aliphatic heterocycles. The number of alkyl halides is 3. The Morgan fingerprint density at radius 1 is 1.36 bits per heavy atom. The molecule has 3 N–H and O–H groups in total. The zero-order valence-corrected chi connectivity index (χ0v) is 8.63. The Bertz CT molecular complexity index is 166. The van der Waals surface area contributed by atoms with Crippen molar-refractivity contribution in [2.45, 2.75) is 24.4 Å². The molecule has 1 rings (SSSR count). The smallest absolute Gasteiger partial charge is 0.330 e. The van der Waals surface area contributed by atoms with Gasteiger partial charge in [0.25, 0.3) is 0 Å². The molecule has 1 aliphatic rings. The van der Waals surface area contributed by atoms with E-state index in [0.717, 1.165) is 5.75 Å². The minimum Gasteiger partial charge on any atom is -0.330 e. The molecule has 1 fully saturated rings. The first kappa shape index (κ1) is 12.1. The summed E-state index contributed by atoms with van der Waals surface area (Å²) in [5, 5.41) is 3.05. The molecule has 1 saturated heterocycles. The third-order valence-electron chi connectivity index (χ3n) is 2.27. The molecule has 0 bridgehead atoms. The topological polar surface area (TPSA) is 38.0 Å². The highest BCUT2D eigenvalue weighted by Gasteiger charge is 2.41. The number of hydrogen-bond donors (Lipinski definition) is 2. The fourth-order valence-corrected chi connectivity index (χ4v) is 2.40. The Labute approximate surface area is 85.8 Å². The summed E-state index contributed by atoms with van der Waals surface area (Å²) in [6, 6.07) is 0. The Balaban J connectivity index is 2.24. The average molecular weight is 228 g/mol. The number of rotatable bonds is 3. The number of piperidine rings is 1. The van der Waals surface area contributed by atoms with Crippen LogP contribution in [-0.2, 0) is 0 Å². The van der Waals surface area contributed by atoms with Gasteiger partial charge in [-0.25, -0.2) is 0 Å². The van der Waals surface area contributed by atoms with Gasteiger partial charge >= 0.3 is 6.18 Å². The van der Waals surface area contributed by atoms with E-state index in [1.54, 1.807) is 11.8 Å². The highest BCUT2D eigenvalue weighted by molar-refractivity contribution is 7.99. The van der Waals surface area contributed by atoms with Crippen LogP contribution in [0.5, 0.6) is 0 Å². The van der Waals surface area contributed by atoms with E-state index in [-0.39, 0.29) is 18.3 Å². The van der Waals surface area contributed by atoms with E-state index in [1.165, 1.54) is 0 Å². The quantitative estimate of drug-likeness (QED) is 0.770. The molecule has 2 unspecified atom stereocenters. The largest absolute Gasteiger partial charge is 0.393 e. The maximum absolute atomic E-state index is 12.3. The number of hydrogen-bond acceptors (Lipinski definition) is 3. The molecule has 84 valence electrons. The lowest BCUT2D eigenvalue weighted by Gasteiger charge is -2.30. The summed E-state index contributed by atoms with van der Waals surface area (Å²) in [5.41, 5.74) is 5.31. The highest BCUT2D eigenvalue weighted by Crippen LogP contribution is 2.33. The normalized spacial score (nSPS) is 29.1. The van der Waals surface area contributed by atoms with Gasteiger partial charge in [0.2, 0.25) is 0 Å². The Kier molecular flexibility index (Phi) is 4.53. The minimum atomic E-state index is -4.05. The first-order valence-electron chi connectivity index (χ1n) is 4.66. The van der Waals surface area contributed by atoms with E-state index in [2.05, 4.69) is 5.32 Å². The predicted octanol–water partition coefficient (Wildman–Crippen LogP) is 1.57. The van der Waals surface area contributed by atoms with E-state index in [0.29, 0.717) is 13.0 Å². The van der Waals surface area contributed by atoms with Crippen molar-refractivity contribution in [1.82, 2.24) is 5.32 Å². The van der Waals surface area contributed by atoms with Gasteiger partial charge in [-0.2, -0.15) is 13.2 Å². The molecule has 0 aromatic carbocycles. The Morgan fingerprint density at radius 3 is 2.50 bits per heavy atom. The monoisotopic (exact) mass is 228 g/mol. The minimum absolute atomic E-state index is 0.0474. The van der Waals surface area contributed by atoms with Crippen LogP contribution in [0, 0.1) is 5.92 Å². The van der Waals surface area contributed by atoms with Gasteiger partial charge in [0.1, 0.15) is 0 Å². The van der Waals surface area contributed by atoms with Gasteiger partial charge in [0, 0.05) is 18.8 Å². The third kappa shape index (κ3) is 3.67. The SMILES string of the molecule is NCCSC1CCC(C(F)(F)F)CN1. The summed E-state index contributed by atoms with van der Waals surface area (Å²) in [5.74, 6) is -0.369.